The van der Waals surface area contributed by atoms with Crippen LogP contribution in [0.1, 0.15) is 5.56 Å². The molecule has 1 aromatic carbocycles. The first kappa shape index (κ1) is 13.4. The zero-order chi connectivity index (χ0) is 12.8. The van der Waals surface area contributed by atoms with Crippen molar-refractivity contribution in [1.82, 2.24) is 10.6 Å². The van der Waals surface area contributed by atoms with E-state index in [0.717, 1.165) is 0 Å². The monoisotopic (exact) mass is 244 g/mol. The van der Waals surface area contributed by atoms with E-state index in [4.69, 9.17) is 4.74 Å². The Labute approximate surface area is 98.0 Å². The Morgan fingerprint density at radius 2 is 1.88 bits per heavy atom. The summed E-state index contributed by atoms with van der Waals surface area (Å²) < 4.78 is 31.7. The lowest BCUT2D eigenvalue weighted by atomic mass is 10.2. The van der Waals surface area contributed by atoms with Crippen LogP contribution in [0, 0.1) is 11.6 Å². The predicted octanol–water partition coefficient (Wildman–Crippen LogP) is 0.809. The lowest BCUT2D eigenvalue weighted by Crippen LogP contribution is -2.25. The van der Waals surface area contributed by atoms with Crippen molar-refractivity contribution in [2.75, 3.05) is 20.7 Å². The first-order chi connectivity index (χ1) is 8.08. The van der Waals surface area contributed by atoms with Gasteiger partial charge in [-0.25, -0.2) is 8.78 Å². The van der Waals surface area contributed by atoms with Gasteiger partial charge in [-0.05, 0) is 24.7 Å². The largest absolute Gasteiger partial charge is 0.478 e. The highest BCUT2D eigenvalue weighted by molar-refractivity contribution is 5.77. The second-order valence-electron chi connectivity index (χ2n) is 3.38. The smallest absolute Gasteiger partial charge is 0.257 e. The van der Waals surface area contributed by atoms with E-state index in [2.05, 4.69) is 10.6 Å². The Bertz CT molecular complexity index is 387. The molecule has 0 fully saturated rings. The molecule has 0 spiro atoms. The van der Waals surface area contributed by atoms with E-state index in [0.29, 0.717) is 12.1 Å². The van der Waals surface area contributed by atoms with Crippen molar-refractivity contribution < 1.29 is 18.3 Å². The molecule has 0 aliphatic heterocycles. The Kier molecular flexibility index (Phi) is 4.84. The van der Waals surface area contributed by atoms with Gasteiger partial charge in [0.2, 0.25) is 0 Å². The van der Waals surface area contributed by atoms with Gasteiger partial charge in [0.1, 0.15) is 0 Å². The minimum atomic E-state index is -0.820. The van der Waals surface area contributed by atoms with E-state index in [1.807, 2.05) is 0 Å². The molecule has 0 bridgehead atoms. The number of ether oxygens (including phenoxy) is 1. The number of benzene rings is 1. The normalized spacial score (nSPS) is 10.1. The second-order valence-corrected chi connectivity index (χ2v) is 3.38. The maximum absolute atomic E-state index is 13.5. The van der Waals surface area contributed by atoms with Gasteiger partial charge in [0.15, 0.2) is 24.0 Å². The van der Waals surface area contributed by atoms with Crippen molar-refractivity contribution in [1.29, 1.82) is 0 Å². The van der Waals surface area contributed by atoms with Crippen LogP contribution in [-0.4, -0.2) is 26.6 Å². The summed E-state index contributed by atoms with van der Waals surface area (Å²) in [6, 6.07) is 2.33. The van der Waals surface area contributed by atoms with Crippen LogP contribution in [0.5, 0.6) is 5.75 Å². The Morgan fingerprint density at radius 1 is 1.29 bits per heavy atom. The molecule has 0 saturated carbocycles. The quantitative estimate of drug-likeness (QED) is 0.806. The topological polar surface area (TPSA) is 50.4 Å². The van der Waals surface area contributed by atoms with Gasteiger partial charge in [0.05, 0.1) is 0 Å². The third kappa shape index (κ3) is 3.67. The van der Waals surface area contributed by atoms with E-state index >= 15 is 0 Å². The second kappa shape index (κ2) is 6.15. The summed E-state index contributed by atoms with van der Waals surface area (Å²) in [6.45, 7) is -0.0702. The van der Waals surface area contributed by atoms with Gasteiger partial charge >= 0.3 is 0 Å². The number of hydrogen-bond donors (Lipinski definition) is 2. The Morgan fingerprint density at radius 3 is 2.35 bits per heavy atom. The molecule has 2 N–H and O–H groups in total. The summed E-state index contributed by atoms with van der Waals surface area (Å²) >= 11 is 0. The molecule has 0 radical (unpaired) electrons. The van der Waals surface area contributed by atoms with Gasteiger partial charge in [-0.1, -0.05) is 0 Å². The molecule has 1 amide bonds. The van der Waals surface area contributed by atoms with Crippen molar-refractivity contribution in [2.45, 2.75) is 6.54 Å². The molecule has 4 nitrogen and oxygen atoms in total. The minimum Gasteiger partial charge on any atom is -0.478 e. The standard InChI is InChI=1S/C11H14F2N2O2/c1-14-5-7-3-8(12)11(9(13)4-7)17-6-10(16)15-2/h3-4,14H,5-6H2,1-2H3,(H,15,16). The fourth-order valence-corrected chi connectivity index (χ4v) is 1.27. The average Bonchev–Trinajstić information content (AvgIpc) is 2.28. The summed E-state index contributed by atoms with van der Waals surface area (Å²) in [6.07, 6.45) is 0. The molecular weight excluding hydrogens is 230 g/mol. The summed E-state index contributed by atoms with van der Waals surface area (Å²) in [5, 5.41) is 5.07. The highest BCUT2D eigenvalue weighted by Crippen LogP contribution is 2.23. The van der Waals surface area contributed by atoms with E-state index in [1.54, 1.807) is 7.05 Å². The number of nitrogens with one attached hydrogen (secondary N) is 2. The van der Waals surface area contributed by atoms with Crippen LogP contribution in [0.25, 0.3) is 0 Å². The molecule has 0 saturated heterocycles. The highest BCUT2D eigenvalue weighted by atomic mass is 19.1. The zero-order valence-electron chi connectivity index (χ0n) is 9.64. The highest BCUT2D eigenvalue weighted by Gasteiger charge is 2.13. The lowest BCUT2D eigenvalue weighted by Gasteiger charge is -2.09. The third-order valence-corrected chi connectivity index (χ3v) is 2.07. The van der Waals surface area contributed by atoms with Crippen molar-refractivity contribution >= 4 is 5.91 Å². The van der Waals surface area contributed by atoms with Crippen LogP contribution in [0.15, 0.2) is 12.1 Å². The first-order valence-corrected chi connectivity index (χ1v) is 5.04. The molecule has 1 aromatic rings. The van der Waals surface area contributed by atoms with Crippen LogP contribution in [0.2, 0.25) is 0 Å². The van der Waals surface area contributed by atoms with E-state index < -0.39 is 29.9 Å². The van der Waals surface area contributed by atoms with E-state index in [-0.39, 0.29) is 0 Å². The number of carbonyl (C=O) groups is 1. The molecule has 0 aliphatic rings. The van der Waals surface area contributed by atoms with E-state index in [9.17, 15) is 13.6 Å². The van der Waals surface area contributed by atoms with Crippen LogP contribution in [0.3, 0.4) is 0 Å². The van der Waals surface area contributed by atoms with E-state index in [1.165, 1.54) is 19.2 Å². The summed E-state index contributed by atoms with van der Waals surface area (Å²) in [5.41, 5.74) is 0.467. The van der Waals surface area contributed by atoms with Gasteiger partial charge in [0, 0.05) is 13.6 Å². The fraction of sp³-hybridized carbons (Fsp3) is 0.364. The number of likely N-dealkylation sites (N-methyl/N-ethyl adjacent to an activating group) is 1. The van der Waals surface area contributed by atoms with Crippen molar-refractivity contribution in [2.24, 2.45) is 0 Å². The van der Waals surface area contributed by atoms with Gasteiger partial charge in [0.25, 0.3) is 5.91 Å². The molecule has 0 unspecified atom stereocenters. The molecule has 94 valence electrons. The number of halogens is 2. The molecule has 0 atom stereocenters. The maximum atomic E-state index is 13.5. The van der Waals surface area contributed by atoms with Crippen LogP contribution in [0.4, 0.5) is 8.78 Å². The number of amides is 1. The lowest BCUT2D eigenvalue weighted by molar-refractivity contribution is -0.122. The molecular formula is C11H14F2N2O2. The zero-order valence-corrected chi connectivity index (χ0v) is 9.64. The van der Waals surface area contributed by atoms with Gasteiger partial charge in [-0.2, -0.15) is 0 Å². The molecule has 1 rings (SSSR count). The number of rotatable bonds is 5. The van der Waals surface area contributed by atoms with Crippen molar-refractivity contribution in [3.63, 3.8) is 0 Å². The molecule has 17 heavy (non-hydrogen) atoms. The minimum absolute atomic E-state index is 0.351. The predicted molar refractivity (Wildman–Crippen MR) is 58.7 cm³/mol. The van der Waals surface area contributed by atoms with Gasteiger partial charge in [-0.3, -0.25) is 4.79 Å². The molecule has 0 heterocycles. The summed E-state index contributed by atoms with van der Waals surface area (Å²) in [7, 11) is 3.08. The van der Waals surface area contributed by atoms with Crippen LogP contribution < -0.4 is 15.4 Å². The molecule has 0 aliphatic carbocycles. The maximum Gasteiger partial charge on any atom is 0.257 e. The SMILES string of the molecule is CNCc1cc(F)c(OCC(=O)NC)c(F)c1. The Hall–Kier alpha value is -1.69. The number of hydrogen-bond acceptors (Lipinski definition) is 3. The Balaban J connectivity index is 2.82. The first-order valence-electron chi connectivity index (χ1n) is 5.04. The van der Waals surface area contributed by atoms with Gasteiger partial charge < -0.3 is 15.4 Å². The van der Waals surface area contributed by atoms with Crippen LogP contribution >= 0.6 is 0 Å². The average molecular weight is 244 g/mol. The third-order valence-electron chi connectivity index (χ3n) is 2.07. The molecule has 0 aromatic heterocycles. The number of carbonyl (C=O) groups excluding carboxylic acids is 1. The van der Waals surface area contributed by atoms with Crippen LogP contribution in [-0.2, 0) is 11.3 Å². The van der Waals surface area contributed by atoms with Gasteiger partial charge in [-0.15, -0.1) is 0 Å². The fourth-order valence-electron chi connectivity index (χ4n) is 1.27. The van der Waals surface area contributed by atoms with Crippen molar-refractivity contribution in [3.8, 4) is 5.75 Å². The van der Waals surface area contributed by atoms with Crippen molar-refractivity contribution in [3.05, 3.63) is 29.3 Å². The summed E-state index contributed by atoms with van der Waals surface area (Å²) in [5.74, 6) is -2.63. The summed E-state index contributed by atoms with van der Waals surface area (Å²) in [4.78, 5) is 10.9. The molecule has 6 heteroatoms.